The second kappa shape index (κ2) is 7.02. The molecule has 2 aliphatic heterocycles. The van der Waals surface area contributed by atoms with Crippen LogP contribution < -0.4 is 10.2 Å². The monoisotopic (exact) mass is 458 g/mol. The molecule has 4 aromatic rings. The standard InChI is InChI=1S/C23H18ClF3N4O/c24-16-7-15-22(29-30-23(15)31-8-11-2-3-12(9-31)28-11)21(27)19(16)14-6-13(32)5-10-1-4-17(25)20(26)18(10)14/h1,4-7,11-12,28,32H,2-3,8-9H2,(H,29,30). The number of benzene rings is 3. The molecule has 32 heavy (non-hydrogen) atoms. The molecular formula is C23H18ClF3N4O. The Morgan fingerprint density at radius 1 is 1.03 bits per heavy atom. The van der Waals surface area contributed by atoms with Crippen molar-refractivity contribution in [3.8, 4) is 16.9 Å². The van der Waals surface area contributed by atoms with Crippen molar-refractivity contribution in [2.24, 2.45) is 0 Å². The average molecular weight is 459 g/mol. The van der Waals surface area contributed by atoms with Crippen LogP contribution in [0.2, 0.25) is 5.02 Å². The highest BCUT2D eigenvalue weighted by Crippen LogP contribution is 2.43. The van der Waals surface area contributed by atoms with Gasteiger partial charge in [-0.1, -0.05) is 17.7 Å². The third kappa shape index (κ3) is 2.86. The molecular weight excluding hydrogens is 441 g/mol. The van der Waals surface area contributed by atoms with Gasteiger partial charge in [0, 0.05) is 47.1 Å². The van der Waals surface area contributed by atoms with Crippen LogP contribution in [-0.4, -0.2) is 40.5 Å². The van der Waals surface area contributed by atoms with Crippen molar-refractivity contribution >= 4 is 39.1 Å². The lowest BCUT2D eigenvalue weighted by atomic mass is 9.95. The van der Waals surface area contributed by atoms with Crippen molar-refractivity contribution in [3.05, 3.63) is 52.8 Å². The van der Waals surface area contributed by atoms with Crippen LogP contribution in [0.25, 0.3) is 32.8 Å². The number of aromatic amines is 1. The molecule has 164 valence electrons. The number of aromatic hydroxyl groups is 1. The van der Waals surface area contributed by atoms with E-state index in [2.05, 4.69) is 20.4 Å². The number of H-pyrrole nitrogens is 1. The molecule has 0 amide bonds. The number of halogens is 4. The fourth-order valence-corrected chi connectivity index (χ4v) is 5.40. The van der Waals surface area contributed by atoms with Gasteiger partial charge in [-0.25, -0.2) is 13.2 Å². The molecule has 3 heterocycles. The molecule has 0 spiro atoms. The normalized spacial score (nSPS) is 20.6. The highest BCUT2D eigenvalue weighted by molar-refractivity contribution is 6.35. The Morgan fingerprint density at radius 3 is 2.53 bits per heavy atom. The Morgan fingerprint density at radius 2 is 1.78 bits per heavy atom. The maximum absolute atomic E-state index is 15.8. The minimum absolute atomic E-state index is 0.0197. The Hall–Kier alpha value is -2.97. The largest absolute Gasteiger partial charge is 0.508 e. The number of aromatic nitrogens is 2. The molecule has 3 N–H and O–H groups in total. The third-order valence-electron chi connectivity index (χ3n) is 6.51. The number of nitrogens with zero attached hydrogens (tertiary/aromatic N) is 2. The maximum Gasteiger partial charge on any atom is 0.167 e. The molecule has 2 aliphatic rings. The van der Waals surface area contributed by atoms with Gasteiger partial charge in [0.2, 0.25) is 0 Å². The van der Waals surface area contributed by atoms with Crippen molar-refractivity contribution < 1.29 is 18.3 Å². The van der Waals surface area contributed by atoms with Crippen LogP contribution in [0.1, 0.15) is 12.8 Å². The topological polar surface area (TPSA) is 64.2 Å². The zero-order valence-electron chi connectivity index (χ0n) is 16.7. The van der Waals surface area contributed by atoms with Crippen LogP contribution >= 0.6 is 11.6 Å². The zero-order chi connectivity index (χ0) is 22.1. The molecule has 9 heteroatoms. The summed E-state index contributed by atoms with van der Waals surface area (Å²) >= 11 is 6.52. The van der Waals surface area contributed by atoms with Crippen LogP contribution in [0.15, 0.2) is 30.3 Å². The van der Waals surface area contributed by atoms with E-state index >= 15 is 4.39 Å². The molecule has 2 saturated heterocycles. The number of nitrogens with one attached hydrogen (secondary N) is 2. The van der Waals surface area contributed by atoms with Crippen molar-refractivity contribution in [2.45, 2.75) is 24.9 Å². The van der Waals surface area contributed by atoms with Crippen LogP contribution in [0.3, 0.4) is 0 Å². The predicted octanol–water partition coefficient (Wildman–Crippen LogP) is 5.10. The predicted molar refractivity (Wildman–Crippen MR) is 118 cm³/mol. The van der Waals surface area contributed by atoms with Crippen molar-refractivity contribution in [1.29, 1.82) is 0 Å². The zero-order valence-corrected chi connectivity index (χ0v) is 17.5. The number of piperazine rings is 1. The Bertz CT molecular complexity index is 1390. The van der Waals surface area contributed by atoms with E-state index in [1.54, 1.807) is 6.07 Å². The molecule has 2 bridgehead atoms. The van der Waals surface area contributed by atoms with Crippen molar-refractivity contribution in [2.75, 3.05) is 18.0 Å². The van der Waals surface area contributed by atoms with Gasteiger partial charge in [-0.2, -0.15) is 5.10 Å². The van der Waals surface area contributed by atoms with E-state index in [-0.39, 0.29) is 38.2 Å². The van der Waals surface area contributed by atoms with E-state index in [1.165, 1.54) is 18.2 Å². The van der Waals surface area contributed by atoms with Gasteiger partial charge in [0.05, 0.1) is 5.02 Å². The van der Waals surface area contributed by atoms with Crippen LogP contribution in [0.4, 0.5) is 19.0 Å². The Balaban J connectivity index is 1.56. The summed E-state index contributed by atoms with van der Waals surface area (Å²) in [7, 11) is 0. The molecule has 3 aromatic carbocycles. The molecule has 0 aliphatic carbocycles. The molecule has 6 rings (SSSR count). The van der Waals surface area contributed by atoms with E-state index in [9.17, 15) is 13.9 Å². The van der Waals surface area contributed by atoms with Gasteiger partial charge in [-0.05, 0) is 42.5 Å². The van der Waals surface area contributed by atoms with E-state index in [0.29, 0.717) is 23.3 Å². The third-order valence-corrected chi connectivity index (χ3v) is 6.81. The first-order valence-electron chi connectivity index (χ1n) is 10.4. The van der Waals surface area contributed by atoms with Crippen LogP contribution in [0, 0.1) is 17.5 Å². The van der Waals surface area contributed by atoms with Crippen molar-refractivity contribution in [3.63, 3.8) is 0 Å². The fourth-order valence-electron chi connectivity index (χ4n) is 5.11. The molecule has 5 nitrogen and oxygen atoms in total. The second-order valence-corrected chi connectivity index (χ2v) is 8.92. The van der Waals surface area contributed by atoms with E-state index < -0.39 is 17.5 Å². The van der Waals surface area contributed by atoms with E-state index in [4.69, 9.17) is 11.6 Å². The van der Waals surface area contributed by atoms with Crippen LogP contribution in [0.5, 0.6) is 5.75 Å². The minimum atomic E-state index is -1.13. The van der Waals surface area contributed by atoms with Gasteiger partial charge in [0.25, 0.3) is 0 Å². The van der Waals surface area contributed by atoms with Crippen molar-refractivity contribution in [1.82, 2.24) is 15.5 Å². The van der Waals surface area contributed by atoms with Gasteiger partial charge >= 0.3 is 0 Å². The molecule has 2 atom stereocenters. The first-order valence-corrected chi connectivity index (χ1v) is 10.8. The quantitative estimate of drug-likeness (QED) is 0.391. The van der Waals surface area contributed by atoms with Gasteiger partial charge in [-0.15, -0.1) is 0 Å². The smallest absolute Gasteiger partial charge is 0.167 e. The average Bonchev–Trinajstić information content (AvgIpc) is 3.33. The number of anilines is 1. The van der Waals surface area contributed by atoms with E-state index in [0.717, 1.165) is 32.0 Å². The SMILES string of the molecule is Oc1cc(-c2c(Cl)cc3c(N4CC5CCC(C4)N5)n[nH]c3c2F)c2c(F)c(F)ccc2c1. The summed E-state index contributed by atoms with van der Waals surface area (Å²) in [5, 5.41) is 21.4. The summed E-state index contributed by atoms with van der Waals surface area (Å²) in [6, 6.07) is 7.10. The molecule has 0 saturated carbocycles. The number of rotatable bonds is 2. The maximum atomic E-state index is 15.8. The first-order chi connectivity index (χ1) is 15.4. The second-order valence-electron chi connectivity index (χ2n) is 8.51. The van der Waals surface area contributed by atoms with E-state index in [1.807, 2.05) is 0 Å². The molecule has 2 fully saturated rings. The first kappa shape index (κ1) is 19.7. The van der Waals surface area contributed by atoms with Gasteiger partial charge in [-0.3, -0.25) is 5.10 Å². The summed E-state index contributed by atoms with van der Waals surface area (Å²) in [5.41, 5.74) is -0.0310. The van der Waals surface area contributed by atoms with Gasteiger partial charge < -0.3 is 15.3 Å². The van der Waals surface area contributed by atoms with Crippen LogP contribution in [-0.2, 0) is 0 Å². The lowest BCUT2D eigenvalue weighted by Gasteiger charge is -2.33. The van der Waals surface area contributed by atoms with Gasteiger partial charge in [0.1, 0.15) is 11.3 Å². The highest BCUT2D eigenvalue weighted by Gasteiger charge is 2.34. The summed E-state index contributed by atoms with van der Waals surface area (Å²) in [6.07, 6.45) is 2.19. The number of phenols is 1. The Kier molecular flexibility index (Phi) is 4.32. The number of hydrogen-bond donors (Lipinski definition) is 3. The summed E-state index contributed by atoms with van der Waals surface area (Å²) in [6.45, 7) is 1.53. The number of phenolic OH excluding ortho intramolecular Hbond substituents is 1. The number of fused-ring (bicyclic) bond motifs is 4. The lowest BCUT2D eigenvalue weighted by Crippen LogP contribution is -2.51. The summed E-state index contributed by atoms with van der Waals surface area (Å²) in [4.78, 5) is 2.12. The van der Waals surface area contributed by atoms with Gasteiger partial charge in [0.15, 0.2) is 23.3 Å². The summed E-state index contributed by atoms with van der Waals surface area (Å²) in [5.74, 6) is -2.53. The lowest BCUT2D eigenvalue weighted by molar-refractivity contribution is 0.464. The summed E-state index contributed by atoms with van der Waals surface area (Å²) < 4.78 is 44.5. The fraction of sp³-hybridized carbons (Fsp3) is 0.261. The highest BCUT2D eigenvalue weighted by atomic mass is 35.5. The molecule has 0 radical (unpaired) electrons. The Labute approximate surface area is 185 Å². The molecule has 2 unspecified atom stereocenters. The molecule has 1 aromatic heterocycles. The minimum Gasteiger partial charge on any atom is -0.508 e. The number of hydrogen-bond acceptors (Lipinski definition) is 4.